The Labute approximate surface area is 126 Å². The van der Waals surface area contributed by atoms with Crippen LogP contribution in [0.3, 0.4) is 0 Å². The molecule has 0 radical (unpaired) electrons. The van der Waals surface area contributed by atoms with Crippen molar-refractivity contribution in [1.82, 2.24) is 0 Å². The molecule has 0 aliphatic carbocycles. The van der Waals surface area contributed by atoms with Crippen LogP contribution in [0.4, 0.5) is 22.0 Å². The minimum atomic E-state index is -3.19. The summed E-state index contributed by atoms with van der Waals surface area (Å²) in [5, 5.41) is 0. The molecule has 1 N–H and O–H groups in total. The van der Waals surface area contributed by atoms with Gasteiger partial charge in [0, 0.05) is 25.8 Å². The SMILES string of the molecule is CO[Si](O)(CCCCCc1c(F)c(F)c(F)c(F)c1F)OC. The Morgan fingerprint density at radius 1 is 0.773 bits per heavy atom. The number of hydrogen-bond acceptors (Lipinski definition) is 3. The Balaban J connectivity index is 2.60. The van der Waals surface area contributed by atoms with Gasteiger partial charge in [0.15, 0.2) is 23.3 Å². The lowest BCUT2D eigenvalue weighted by Crippen LogP contribution is -2.39. The third-order valence-corrected chi connectivity index (χ3v) is 5.62. The number of rotatable bonds is 8. The summed E-state index contributed by atoms with van der Waals surface area (Å²) in [7, 11) is -0.571. The van der Waals surface area contributed by atoms with E-state index in [-0.39, 0.29) is 18.9 Å². The molecule has 0 bridgehead atoms. The maximum atomic E-state index is 13.4. The molecule has 1 aromatic rings. The Kier molecular flexibility index (Phi) is 6.91. The molecule has 0 saturated heterocycles. The summed E-state index contributed by atoms with van der Waals surface area (Å²) in [4.78, 5) is 9.77. The number of hydrogen-bond donors (Lipinski definition) is 1. The lowest BCUT2D eigenvalue weighted by Gasteiger charge is -2.19. The zero-order valence-corrected chi connectivity index (χ0v) is 13.2. The highest BCUT2D eigenvalue weighted by molar-refractivity contribution is 6.59. The predicted octanol–water partition coefficient (Wildman–Crippen LogP) is 3.32. The molecule has 1 rings (SSSR count). The van der Waals surface area contributed by atoms with Crippen LogP contribution in [0, 0.1) is 29.1 Å². The van der Waals surface area contributed by atoms with Gasteiger partial charge in [0.2, 0.25) is 5.82 Å². The van der Waals surface area contributed by atoms with E-state index in [1.165, 1.54) is 14.2 Å². The normalized spacial score (nSPS) is 12.0. The molecule has 0 saturated carbocycles. The largest absolute Gasteiger partial charge is 0.497 e. The van der Waals surface area contributed by atoms with Gasteiger partial charge in [-0.3, -0.25) is 0 Å². The topological polar surface area (TPSA) is 38.7 Å². The van der Waals surface area contributed by atoms with E-state index in [9.17, 15) is 26.7 Å². The lowest BCUT2D eigenvalue weighted by molar-refractivity contribution is 0.150. The van der Waals surface area contributed by atoms with Gasteiger partial charge < -0.3 is 13.6 Å². The molecule has 9 heteroatoms. The summed E-state index contributed by atoms with van der Waals surface area (Å²) < 4.78 is 75.4. The molecular formula is C13H17F5O3Si. The van der Waals surface area contributed by atoms with E-state index in [1.54, 1.807) is 0 Å². The average Bonchev–Trinajstić information content (AvgIpc) is 2.53. The molecule has 22 heavy (non-hydrogen) atoms. The minimum absolute atomic E-state index is 0.205. The van der Waals surface area contributed by atoms with Crippen LogP contribution in [0.5, 0.6) is 0 Å². The molecule has 0 aliphatic heterocycles. The standard InChI is InChI=1S/C13H17F5O3Si/c1-20-22(19,21-2)7-5-3-4-6-8-9(14)11(16)13(18)12(17)10(8)15/h19H,3-7H2,1-2H3. The maximum absolute atomic E-state index is 13.4. The van der Waals surface area contributed by atoms with Crippen molar-refractivity contribution >= 4 is 8.80 Å². The molecule has 0 fully saturated rings. The van der Waals surface area contributed by atoms with E-state index in [1.807, 2.05) is 0 Å². The first-order valence-electron chi connectivity index (χ1n) is 6.60. The van der Waals surface area contributed by atoms with Gasteiger partial charge in [-0.25, -0.2) is 22.0 Å². The van der Waals surface area contributed by atoms with Crippen LogP contribution in [0.15, 0.2) is 0 Å². The van der Waals surface area contributed by atoms with Crippen molar-refractivity contribution in [2.45, 2.75) is 31.7 Å². The van der Waals surface area contributed by atoms with Crippen molar-refractivity contribution in [3.05, 3.63) is 34.6 Å². The van der Waals surface area contributed by atoms with E-state index < -0.39 is 43.5 Å². The Hall–Kier alpha value is -1.03. The highest BCUT2D eigenvalue weighted by Crippen LogP contribution is 2.25. The molecule has 0 aliphatic rings. The van der Waals surface area contributed by atoms with Gasteiger partial charge in [-0.1, -0.05) is 6.42 Å². The van der Waals surface area contributed by atoms with Gasteiger partial charge in [-0.2, -0.15) is 0 Å². The van der Waals surface area contributed by atoms with Crippen LogP contribution in [0.25, 0.3) is 0 Å². The van der Waals surface area contributed by atoms with Crippen LogP contribution in [0.1, 0.15) is 24.8 Å². The first kappa shape index (κ1) is 19.0. The second kappa shape index (κ2) is 8.00. The van der Waals surface area contributed by atoms with Gasteiger partial charge in [-0.05, 0) is 19.3 Å². The molecule has 1 aromatic carbocycles. The fraction of sp³-hybridized carbons (Fsp3) is 0.538. The summed E-state index contributed by atoms with van der Waals surface area (Å²) >= 11 is 0. The van der Waals surface area contributed by atoms with Crippen molar-refractivity contribution in [1.29, 1.82) is 0 Å². The van der Waals surface area contributed by atoms with E-state index >= 15 is 0 Å². The highest BCUT2D eigenvalue weighted by atomic mass is 28.4. The van der Waals surface area contributed by atoms with Gasteiger partial charge >= 0.3 is 8.80 Å². The Morgan fingerprint density at radius 2 is 1.23 bits per heavy atom. The number of benzene rings is 1. The Bertz CT molecular complexity index is 494. The van der Waals surface area contributed by atoms with Gasteiger partial charge in [0.1, 0.15) is 0 Å². The maximum Gasteiger partial charge on any atom is 0.497 e. The first-order valence-corrected chi connectivity index (χ1v) is 8.57. The Morgan fingerprint density at radius 3 is 1.68 bits per heavy atom. The third-order valence-electron chi connectivity index (χ3n) is 3.36. The van der Waals surface area contributed by atoms with Crippen LogP contribution in [-0.2, 0) is 15.3 Å². The molecule has 3 nitrogen and oxygen atoms in total. The fourth-order valence-electron chi connectivity index (χ4n) is 1.98. The van der Waals surface area contributed by atoms with E-state index in [0.717, 1.165) is 0 Å². The van der Waals surface area contributed by atoms with Crippen LogP contribution < -0.4 is 0 Å². The second-order valence-corrected chi connectivity index (χ2v) is 7.47. The molecule has 0 unspecified atom stereocenters. The molecular weight excluding hydrogens is 327 g/mol. The van der Waals surface area contributed by atoms with E-state index in [4.69, 9.17) is 8.85 Å². The summed E-state index contributed by atoms with van der Waals surface area (Å²) in [6, 6.07) is 0.247. The third kappa shape index (κ3) is 4.25. The van der Waals surface area contributed by atoms with Crippen molar-refractivity contribution in [2.24, 2.45) is 0 Å². The quantitative estimate of drug-likeness (QED) is 0.258. The van der Waals surface area contributed by atoms with Crippen LogP contribution in [-0.4, -0.2) is 27.8 Å². The van der Waals surface area contributed by atoms with Crippen molar-refractivity contribution in [2.75, 3.05) is 14.2 Å². The molecule has 0 amide bonds. The summed E-state index contributed by atoms with van der Waals surface area (Å²) in [5.74, 6) is -9.62. The van der Waals surface area contributed by atoms with Gasteiger partial charge in [0.05, 0.1) is 0 Å². The summed E-state index contributed by atoms with van der Waals surface area (Å²) in [6.07, 6.45) is 0.781. The predicted molar refractivity (Wildman–Crippen MR) is 70.6 cm³/mol. The lowest BCUT2D eigenvalue weighted by atomic mass is 10.1. The zero-order chi connectivity index (χ0) is 16.9. The molecule has 0 spiro atoms. The molecule has 0 atom stereocenters. The summed E-state index contributed by atoms with van der Waals surface area (Å²) in [5.41, 5.74) is -0.817. The van der Waals surface area contributed by atoms with E-state index in [2.05, 4.69) is 0 Å². The fourth-order valence-corrected chi connectivity index (χ4v) is 3.26. The van der Waals surface area contributed by atoms with Crippen LogP contribution >= 0.6 is 0 Å². The zero-order valence-electron chi connectivity index (χ0n) is 12.2. The van der Waals surface area contributed by atoms with Crippen molar-refractivity contribution < 1.29 is 35.6 Å². The number of halogens is 5. The van der Waals surface area contributed by atoms with Gasteiger partial charge in [-0.15, -0.1) is 0 Å². The highest BCUT2D eigenvalue weighted by Gasteiger charge is 2.33. The van der Waals surface area contributed by atoms with Gasteiger partial charge in [0.25, 0.3) is 0 Å². The first-order chi connectivity index (χ1) is 10.3. The molecule has 0 heterocycles. The van der Waals surface area contributed by atoms with Crippen LogP contribution in [0.2, 0.25) is 6.04 Å². The molecule has 0 aromatic heterocycles. The molecule has 126 valence electrons. The van der Waals surface area contributed by atoms with Crippen molar-refractivity contribution in [3.8, 4) is 0 Å². The minimum Gasteiger partial charge on any atom is -0.390 e. The summed E-state index contributed by atoms with van der Waals surface area (Å²) in [6.45, 7) is 0. The number of unbranched alkanes of at least 4 members (excludes halogenated alkanes) is 2. The monoisotopic (exact) mass is 344 g/mol. The smallest absolute Gasteiger partial charge is 0.390 e. The van der Waals surface area contributed by atoms with Crippen molar-refractivity contribution in [3.63, 3.8) is 0 Å². The second-order valence-electron chi connectivity index (χ2n) is 4.73. The average molecular weight is 344 g/mol. The van der Waals surface area contributed by atoms with E-state index in [0.29, 0.717) is 12.8 Å².